The molecule has 1 aromatic carbocycles. The van der Waals surface area contributed by atoms with Crippen LogP contribution in [0.4, 0.5) is 4.79 Å². The molecule has 0 atom stereocenters. The average molecular weight is 246 g/mol. The molecule has 5 nitrogen and oxygen atoms in total. The van der Waals surface area contributed by atoms with Crippen LogP contribution in [-0.4, -0.2) is 30.5 Å². The Kier molecular flexibility index (Phi) is 3.32. The maximum Gasteiger partial charge on any atom is 0.328 e. The van der Waals surface area contributed by atoms with E-state index < -0.39 is 6.03 Å². The van der Waals surface area contributed by atoms with Crippen LogP contribution in [0.3, 0.4) is 0 Å². The van der Waals surface area contributed by atoms with Gasteiger partial charge in [-0.25, -0.2) is 4.79 Å². The van der Waals surface area contributed by atoms with Gasteiger partial charge in [-0.1, -0.05) is 18.2 Å². The highest BCUT2D eigenvalue weighted by atomic mass is 16.5. The fraction of sp³-hybridized carbons (Fsp3) is 0.231. The Hall–Kier alpha value is -2.30. The number of rotatable bonds is 3. The Balaban J connectivity index is 2.34. The number of nitrogens with one attached hydrogen (secondary N) is 1. The molecule has 1 aliphatic heterocycles. The first-order valence-corrected chi connectivity index (χ1v) is 5.66. The molecule has 5 heteroatoms. The number of ether oxygens (including phenoxy) is 1. The zero-order valence-corrected chi connectivity index (χ0v) is 10.3. The smallest absolute Gasteiger partial charge is 0.328 e. The summed E-state index contributed by atoms with van der Waals surface area (Å²) >= 11 is 0. The highest BCUT2D eigenvalue weighted by Crippen LogP contribution is 2.22. The molecule has 0 radical (unpaired) electrons. The molecule has 0 aromatic heterocycles. The van der Waals surface area contributed by atoms with Gasteiger partial charge < -0.3 is 10.1 Å². The van der Waals surface area contributed by atoms with Crippen LogP contribution in [0.5, 0.6) is 5.75 Å². The Bertz CT molecular complexity index is 523. The van der Waals surface area contributed by atoms with Crippen molar-refractivity contribution in [1.29, 1.82) is 0 Å². The summed E-state index contributed by atoms with van der Waals surface area (Å²) in [7, 11) is 1.44. The van der Waals surface area contributed by atoms with Gasteiger partial charge in [-0.2, -0.15) is 0 Å². The third-order valence-corrected chi connectivity index (χ3v) is 2.60. The number of amides is 3. The summed E-state index contributed by atoms with van der Waals surface area (Å²) in [6.07, 6.45) is 1.62. The number of carbonyl (C=O) groups is 2. The average Bonchev–Trinajstić information content (AvgIpc) is 2.60. The fourth-order valence-electron chi connectivity index (χ4n) is 1.67. The minimum absolute atomic E-state index is 0.259. The second-order valence-electron chi connectivity index (χ2n) is 3.82. The van der Waals surface area contributed by atoms with E-state index in [9.17, 15) is 9.59 Å². The standard InChI is InChI=1S/C13H14N2O3/c1-3-18-11-7-5-4-6-9(11)8-10-12(16)15(2)13(17)14-10/h4-8H,3H2,1-2H3,(H,14,17)/b10-8+. The molecule has 1 saturated heterocycles. The van der Waals surface area contributed by atoms with Gasteiger partial charge in [0.2, 0.25) is 0 Å². The molecule has 0 bridgehead atoms. The van der Waals surface area contributed by atoms with Gasteiger partial charge >= 0.3 is 6.03 Å². The van der Waals surface area contributed by atoms with E-state index in [4.69, 9.17) is 4.74 Å². The van der Waals surface area contributed by atoms with Gasteiger partial charge in [-0.05, 0) is 19.1 Å². The van der Waals surface area contributed by atoms with E-state index in [1.54, 1.807) is 6.08 Å². The minimum atomic E-state index is -0.417. The molecule has 1 aliphatic rings. The molecule has 0 unspecified atom stereocenters. The van der Waals surface area contributed by atoms with Crippen LogP contribution in [0.25, 0.3) is 6.08 Å². The zero-order valence-electron chi connectivity index (χ0n) is 10.3. The Morgan fingerprint density at radius 1 is 1.33 bits per heavy atom. The third kappa shape index (κ3) is 2.20. The topological polar surface area (TPSA) is 58.6 Å². The number of imide groups is 1. The Labute approximate surface area is 105 Å². The van der Waals surface area contributed by atoms with Crippen LogP contribution in [0, 0.1) is 0 Å². The van der Waals surface area contributed by atoms with Gasteiger partial charge in [0.25, 0.3) is 5.91 Å². The van der Waals surface area contributed by atoms with Crippen LogP contribution in [0.2, 0.25) is 0 Å². The maximum atomic E-state index is 11.7. The predicted octanol–water partition coefficient (Wildman–Crippen LogP) is 1.61. The van der Waals surface area contributed by atoms with Crippen molar-refractivity contribution in [2.24, 2.45) is 0 Å². The van der Waals surface area contributed by atoms with Gasteiger partial charge in [-0.15, -0.1) is 0 Å². The van der Waals surface area contributed by atoms with E-state index >= 15 is 0 Å². The molecule has 0 saturated carbocycles. The van der Waals surface area contributed by atoms with E-state index in [1.165, 1.54) is 7.05 Å². The molecular weight excluding hydrogens is 232 g/mol. The Morgan fingerprint density at radius 2 is 2.06 bits per heavy atom. The molecule has 1 N–H and O–H groups in total. The quantitative estimate of drug-likeness (QED) is 0.651. The number of urea groups is 1. The maximum absolute atomic E-state index is 11.7. The lowest BCUT2D eigenvalue weighted by Crippen LogP contribution is -2.25. The molecule has 94 valence electrons. The molecule has 1 fully saturated rings. The molecule has 3 amide bonds. The highest BCUT2D eigenvalue weighted by molar-refractivity contribution is 6.13. The fourth-order valence-corrected chi connectivity index (χ4v) is 1.67. The summed E-state index contributed by atoms with van der Waals surface area (Å²) in [4.78, 5) is 24.1. The molecule has 2 rings (SSSR count). The second-order valence-corrected chi connectivity index (χ2v) is 3.82. The lowest BCUT2D eigenvalue weighted by Gasteiger charge is -2.06. The summed E-state index contributed by atoms with van der Waals surface area (Å²) < 4.78 is 5.45. The molecule has 18 heavy (non-hydrogen) atoms. The van der Waals surface area contributed by atoms with E-state index in [2.05, 4.69) is 5.32 Å². The molecule has 1 heterocycles. The number of benzene rings is 1. The van der Waals surface area contributed by atoms with Crippen LogP contribution in [-0.2, 0) is 4.79 Å². The number of nitrogens with zero attached hydrogens (tertiary/aromatic N) is 1. The van der Waals surface area contributed by atoms with Gasteiger partial charge in [0.1, 0.15) is 11.4 Å². The summed E-state index contributed by atoms with van der Waals surface area (Å²) in [5.74, 6) is 0.343. The van der Waals surface area contributed by atoms with E-state index in [0.717, 1.165) is 10.5 Å². The normalized spacial score (nSPS) is 17.2. The van der Waals surface area contributed by atoms with Gasteiger partial charge in [0.05, 0.1) is 6.61 Å². The lowest BCUT2D eigenvalue weighted by molar-refractivity contribution is -0.121. The number of likely N-dealkylation sites (N-methyl/N-ethyl adjacent to an activating group) is 1. The minimum Gasteiger partial charge on any atom is -0.493 e. The predicted molar refractivity (Wildman–Crippen MR) is 66.9 cm³/mol. The van der Waals surface area contributed by atoms with Crippen LogP contribution in [0.15, 0.2) is 30.0 Å². The van der Waals surface area contributed by atoms with Crippen molar-refractivity contribution in [2.45, 2.75) is 6.92 Å². The number of hydrogen-bond acceptors (Lipinski definition) is 3. The van der Waals surface area contributed by atoms with Crippen molar-refractivity contribution in [3.8, 4) is 5.75 Å². The van der Waals surface area contributed by atoms with Crippen molar-refractivity contribution in [2.75, 3.05) is 13.7 Å². The first-order chi connectivity index (χ1) is 8.63. The van der Waals surface area contributed by atoms with Gasteiger partial charge in [0.15, 0.2) is 0 Å². The van der Waals surface area contributed by atoms with E-state index in [-0.39, 0.29) is 11.6 Å². The van der Waals surface area contributed by atoms with Crippen molar-refractivity contribution < 1.29 is 14.3 Å². The summed E-state index contributed by atoms with van der Waals surface area (Å²) in [6, 6.07) is 6.94. The summed E-state index contributed by atoms with van der Waals surface area (Å²) in [6.45, 7) is 2.43. The van der Waals surface area contributed by atoms with E-state index in [1.807, 2.05) is 31.2 Å². The largest absolute Gasteiger partial charge is 0.493 e. The molecule has 0 aliphatic carbocycles. The number of carbonyl (C=O) groups excluding carboxylic acids is 2. The number of hydrogen-bond donors (Lipinski definition) is 1. The first kappa shape index (κ1) is 12.2. The van der Waals surface area contributed by atoms with Gasteiger partial charge in [0, 0.05) is 12.6 Å². The zero-order chi connectivity index (χ0) is 13.1. The highest BCUT2D eigenvalue weighted by Gasteiger charge is 2.30. The Morgan fingerprint density at radius 3 is 2.67 bits per heavy atom. The van der Waals surface area contributed by atoms with Crippen molar-refractivity contribution in [3.63, 3.8) is 0 Å². The molecular formula is C13H14N2O3. The molecule has 1 aromatic rings. The lowest BCUT2D eigenvalue weighted by atomic mass is 10.1. The SMILES string of the molecule is CCOc1ccccc1/C=C1/NC(=O)N(C)C1=O. The summed E-state index contributed by atoms with van der Waals surface area (Å²) in [5, 5.41) is 2.51. The number of para-hydroxylation sites is 1. The molecule has 0 spiro atoms. The van der Waals surface area contributed by atoms with E-state index in [0.29, 0.717) is 12.4 Å². The third-order valence-electron chi connectivity index (χ3n) is 2.60. The first-order valence-electron chi connectivity index (χ1n) is 5.66. The van der Waals surface area contributed by atoms with Crippen molar-refractivity contribution >= 4 is 18.0 Å². The second kappa shape index (κ2) is 4.91. The van der Waals surface area contributed by atoms with Crippen LogP contribution in [0.1, 0.15) is 12.5 Å². The van der Waals surface area contributed by atoms with Crippen LogP contribution < -0.4 is 10.1 Å². The van der Waals surface area contributed by atoms with Crippen molar-refractivity contribution in [1.82, 2.24) is 10.2 Å². The monoisotopic (exact) mass is 246 g/mol. The van der Waals surface area contributed by atoms with Crippen molar-refractivity contribution in [3.05, 3.63) is 35.5 Å². The van der Waals surface area contributed by atoms with Gasteiger partial charge in [-0.3, -0.25) is 9.69 Å². The van der Waals surface area contributed by atoms with Crippen LogP contribution >= 0.6 is 0 Å². The summed E-state index contributed by atoms with van der Waals surface area (Å²) in [5.41, 5.74) is 1.02.